The number of methoxy groups -OCH3 is 1. The quantitative estimate of drug-likeness (QED) is 0.689. The number of ketones is 1. The Morgan fingerprint density at radius 3 is 2.56 bits per heavy atom. The van der Waals surface area contributed by atoms with Gasteiger partial charge in [0, 0.05) is 23.2 Å². The van der Waals surface area contributed by atoms with Gasteiger partial charge in [0.05, 0.1) is 13.7 Å². The molecule has 144 valence electrons. The summed E-state index contributed by atoms with van der Waals surface area (Å²) in [6, 6.07) is 12.3. The van der Waals surface area contributed by atoms with Gasteiger partial charge in [-0.25, -0.2) is 4.39 Å². The van der Waals surface area contributed by atoms with Crippen LogP contribution in [0, 0.1) is 5.82 Å². The van der Waals surface area contributed by atoms with Crippen molar-refractivity contribution < 1.29 is 13.9 Å². The fourth-order valence-corrected chi connectivity index (χ4v) is 3.59. The molecule has 1 fully saturated rings. The van der Waals surface area contributed by atoms with Crippen LogP contribution >= 0.6 is 11.6 Å². The summed E-state index contributed by atoms with van der Waals surface area (Å²) in [6.45, 7) is 2.90. The van der Waals surface area contributed by atoms with E-state index >= 15 is 0 Å². The van der Waals surface area contributed by atoms with Crippen LogP contribution in [0.1, 0.15) is 34.8 Å². The molecule has 6 heteroatoms. The van der Waals surface area contributed by atoms with Gasteiger partial charge >= 0.3 is 0 Å². The van der Waals surface area contributed by atoms with E-state index in [4.69, 9.17) is 16.3 Å². The summed E-state index contributed by atoms with van der Waals surface area (Å²) in [6.07, 6.45) is 2.38. The maximum atomic E-state index is 13.8. The molecule has 4 nitrogen and oxygen atoms in total. The normalized spacial score (nSPS) is 15.7. The Hall–Kier alpha value is -1.95. The van der Waals surface area contributed by atoms with Gasteiger partial charge in [-0.15, -0.1) is 0 Å². The van der Waals surface area contributed by atoms with Crippen molar-refractivity contribution in [1.29, 1.82) is 0 Å². The second-order valence-electron chi connectivity index (χ2n) is 6.71. The third-order valence-corrected chi connectivity index (χ3v) is 5.19. The van der Waals surface area contributed by atoms with E-state index in [0.29, 0.717) is 17.1 Å². The van der Waals surface area contributed by atoms with Gasteiger partial charge in [0.1, 0.15) is 0 Å². The van der Waals surface area contributed by atoms with Gasteiger partial charge in [-0.3, -0.25) is 9.69 Å². The Morgan fingerprint density at radius 2 is 1.93 bits per heavy atom. The van der Waals surface area contributed by atoms with Crippen molar-refractivity contribution in [2.45, 2.75) is 18.9 Å². The minimum Gasteiger partial charge on any atom is -0.494 e. The van der Waals surface area contributed by atoms with Crippen LogP contribution in [0.25, 0.3) is 0 Å². The van der Waals surface area contributed by atoms with Crippen molar-refractivity contribution in [2.24, 2.45) is 0 Å². The van der Waals surface area contributed by atoms with E-state index in [1.54, 1.807) is 6.07 Å². The van der Waals surface area contributed by atoms with E-state index in [0.717, 1.165) is 13.1 Å². The molecule has 0 saturated carbocycles. The van der Waals surface area contributed by atoms with Crippen LogP contribution in [0.15, 0.2) is 42.5 Å². The Kier molecular flexibility index (Phi) is 6.83. The van der Waals surface area contributed by atoms with Crippen LogP contribution in [0.3, 0.4) is 0 Å². The van der Waals surface area contributed by atoms with Crippen LogP contribution in [-0.4, -0.2) is 44.0 Å². The van der Waals surface area contributed by atoms with Gasteiger partial charge in [0.2, 0.25) is 0 Å². The summed E-state index contributed by atoms with van der Waals surface area (Å²) in [5.74, 6) is -0.538. The number of nitrogens with one attached hydrogen (secondary N) is 1. The average Bonchev–Trinajstić information content (AvgIpc) is 3.20. The van der Waals surface area contributed by atoms with Crippen LogP contribution in [0.2, 0.25) is 5.02 Å². The van der Waals surface area contributed by atoms with Crippen molar-refractivity contribution in [3.8, 4) is 5.75 Å². The lowest BCUT2D eigenvalue weighted by molar-refractivity contribution is 0.0987. The number of hydrogen-bond acceptors (Lipinski definition) is 4. The number of rotatable bonds is 8. The maximum Gasteiger partial charge on any atom is 0.176 e. The van der Waals surface area contributed by atoms with Gasteiger partial charge in [0.15, 0.2) is 17.3 Å². The average molecular weight is 391 g/mol. The zero-order chi connectivity index (χ0) is 19.2. The molecule has 1 aliphatic rings. The van der Waals surface area contributed by atoms with E-state index in [1.807, 2.05) is 24.3 Å². The highest BCUT2D eigenvalue weighted by molar-refractivity contribution is 6.30. The first kappa shape index (κ1) is 19.8. The molecule has 0 spiro atoms. The highest BCUT2D eigenvalue weighted by atomic mass is 35.5. The number of nitrogens with zero attached hydrogens (tertiary/aromatic N) is 1. The maximum absolute atomic E-state index is 13.8. The van der Waals surface area contributed by atoms with E-state index in [2.05, 4.69) is 10.2 Å². The second-order valence-corrected chi connectivity index (χ2v) is 7.15. The zero-order valence-electron chi connectivity index (χ0n) is 15.4. The highest BCUT2D eigenvalue weighted by Gasteiger charge is 2.23. The molecule has 1 N–H and O–H groups in total. The van der Waals surface area contributed by atoms with Gasteiger partial charge in [-0.2, -0.15) is 0 Å². The number of halogens is 2. The van der Waals surface area contributed by atoms with Gasteiger partial charge < -0.3 is 10.1 Å². The van der Waals surface area contributed by atoms with Crippen LogP contribution in [0.5, 0.6) is 5.75 Å². The Morgan fingerprint density at radius 1 is 1.22 bits per heavy atom. The number of ether oxygens (including phenoxy) is 1. The fourth-order valence-electron chi connectivity index (χ4n) is 3.46. The molecule has 0 bridgehead atoms. The smallest absolute Gasteiger partial charge is 0.176 e. The molecule has 1 heterocycles. The summed E-state index contributed by atoms with van der Waals surface area (Å²) in [5, 5.41) is 3.96. The first-order valence-corrected chi connectivity index (χ1v) is 9.53. The zero-order valence-corrected chi connectivity index (χ0v) is 16.1. The first-order chi connectivity index (χ1) is 13.1. The summed E-state index contributed by atoms with van der Waals surface area (Å²) in [4.78, 5) is 14.8. The number of carbonyl (C=O) groups is 1. The predicted octanol–water partition coefficient (Wildman–Crippen LogP) is 4.10. The van der Waals surface area contributed by atoms with Crippen LogP contribution in [0.4, 0.5) is 4.39 Å². The molecule has 3 rings (SSSR count). The monoisotopic (exact) mass is 390 g/mol. The van der Waals surface area contributed by atoms with Gasteiger partial charge in [-0.05, 0) is 61.8 Å². The molecule has 2 aromatic rings. The lowest BCUT2D eigenvalue weighted by atomic mass is 10.1. The van der Waals surface area contributed by atoms with E-state index in [-0.39, 0.29) is 24.1 Å². The third kappa shape index (κ3) is 5.06. The SMILES string of the molecule is COc1ccc(C(=O)CNCC(c2ccc(Cl)cc2)N2CCCC2)cc1F. The van der Waals surface area contributed by atoms with Crippen molar-refractivity contribution >= 4 is 17.4 Å². The standard InChI is InChI=1S/C21H24ClFN2O2/c1-27-21-9-6-16(12-18(21)23)20(26)14-24-13-19(25-10-2-3-11-25)15-4-7-17(22)8-5-15/h4-9,12,19,24H,2-3,10-11,13-14H2,1H3. The Labute approximate surface area is 164 Å². The summed E-state index contributed by atoms with van der Waals surface area (Å²) in [5.41, 5.74) is 1.52. The summed E-state index contributed by atoms with van der Waals surface area (Å²) < 4.78 is 18.7. The number of likely N-dealkylation sites (tertiary alicyclic amines) is 1. The van der Waals surface area contributed by atoms with Crippen molar-refractivity contribution in [1.82, 2.24) is 10.2 Å². The lowest BCUT2D eigenvalue weighted by Crippen LogP contribution is -2.36. The molecular weight excluding hydrogens is 367 g/mol. The lowest BCUT2D eigenvalue weighted by Gasteiger charge is -2.28. The molecule has 1 unspecified atom stereocenters. The highest BCUT2D eigenvalue weighted by Crippen LogP contribution is 2.25. The molecule has 1 atom stereocenters. The van der Waals surface area contributed by atoms with Crippen molar-refractivity contribution in [3.63, 3.8) is 0 Å². The van der Waals surface area contributed by atoms with Gasteiger partial charge in [-0.1, -0.05) is 23.7 Å². The predicted molar refractivity (Wildman–Crippen MR) is 105 cm³/mol. The minimum absolute atomic E-state index is 0.136. The largest absolute Gasteiger partial charge is 0.494 e. The summed E-state index contributed by atoms with van der Waals surface area (Å²) >= 11 is 6.01. The van der Waals surface area contributed by atoms with Gasteiger partial charge in [0.25, 0.3) is 0 Å². The van der Waals surface area contributed by atoms with Crippen molar-refractivity contribution in [3.05, 3.63) is 64.4 Å². The molecule has 27 heavy (non-hydrogen) atoms. The third-order valence-electron chi connectivity index (χ3n) is 4.93. The summed E-state index contributed by atoms with van der Waals surface area (Å²) in [7, 11) is 1.40. The second kappa shape index (κ2) is 9.31. The first-order valence-electron chi connectivity index (χ1n) is 9.15. The Balaban J connectivity index is 1.62. The van der Waals surface area contributed by atoms with E-state index in [9.17, 15) is 9.18 Å². The number of carbonyl (C=O) groups excluding carboxylic acids is 1. The van der Waals surface area contributed by atoms with Crippen LogP contribution < -0.4 is 10.1 Å². The molecule has 0 aliphatic carbocycles. The topological polar surface area (TPSA) is 41.6 Å². The minimum atomic E-state index is -0.528. The molecule has 1 aliphatic heterocycles. The number of hydrogen-bond donors (Lipinski definition) is 1. The molecular formula is C21H24ClFN2O2. The van der Waals surface area contributed by atoms with E-state index in [1.165, 1.54) is 37.6 Å². The van der Waals surface area contributed by atoms with Crippen LogP contribution in [-0.2, 0) is 0 Å². The Bertz CT molecular complexity index is 776. The number of Topliss-reactive ketones (excluding diaryl/α,β-unsaturated/α-hetero) is 1. The molecule has 0 amide bonds. The molecule has 2 aromatic carbocycles. The van der Waals surface area contributed by atoms with E-state index < -0.39 is 5.82 Å². The fraction of sp³-hybridized carbons (Fsp3) is 0.381. The molecule has 1 saturated heterocycles. The molecule has 0 radical (unpaired) electrons. The van der Waals surface area contributed by atoms with Crippen molar-refractivity contribution in [2.75, 3.05) is 33.3 Å². The molecule has 0 aromatic heterocycles. The number of benzene rings is 2.